The lowest BCUT2D eigenvalue weighted by molar-refractivity contribution is -0.208. The second kappa shape index (κ2) is 8.15. The monoisotopic (exact) mass is 364 g/mol. The van der Waals surface area contributed by atoms with Gasteiger partial charge < -0.3 is 14.4 Å². The minimum absolute atomic E-state index is 0.200. The van der Waals surface area contributed by atoms with E-state index in [1.165, 1.54) is 32.1 Å². The molecule has 4 rings (SSSR count). The first-order chi connectivity index (χ1) is 12.7. The average molecular weight is 365 g/mol. The molecule has 1 saturated carbocycles. The Morgan fingerprint density at radius 3 is 2.42 bits per heavy atom. The van der Waals surface area contributed by atoms with Crippen LogP contribution in [-0.2, 0) is 14.3 Å². The lowest BCUT2D eigenvalue weighted by Gasteiger charge is -2.63. The highest BCUT2D eigenvalue weighted by atomic mass is 16.5. The number of nitrogens with zero attached hydrogens (tertiary/aromatic N) is 2. The highest BCUT2D eigenvalue weighted by molar-refractivity contribution is 5.76. The number of piperidine rings is 1. The van der Waals surface area contributed by atoms with Gasteiger partial charge in [0.1, 0.15) is 0 Å². The fourth-order valence-electron chi connectivity index (χ4n) is 5.94. The second-order valence-electron chi connectivity index (χ2n) is 8.91. The summed E-state index contributed by atoms with van der Waals surface area (Å²) >= 11 is 0. The minimum Gasteiger partial charge on any atom is -0.381 e. The van der Waals surface area contributed by atoms with Crippen LogP contribution in [0, 0.1) is 5.92 Å². The zero-order chi connectivity index (χ0) is 18.0. The molecule has 0 aromatic carbocycles. The lowest BCUT2D eigenvalue weighted by Crippen LogP contribution is -2.75. The van der Waals surface area contributed by atoms with Gasteiger partial charge in [-0.05, 0) is 44.4 Å². The number of likely N-dealkylation sites (tertiary alicyclic amines) is 2. The molecule has 3 heterocycles. The molecule has 0 unspecified atom stereocenters. The molecule has 0 aromatic rings. The maximum Gasteiger partial charge on any atom is 0.222 e. The summed E-state index contributed by atoms with van der Waals surface area (Å²) in [7, 11) is 1.85. The van der Waals surface area contributed by atoms with Crippen molar-refractivity contribution in [3.8, 4) is 0 Å². The van der Waals surface area contributed by atoms with Gasteiger partial charge in [-0.15, -0.1) is 0 Å². The second-order valence-corrected chi connectivity index (χ2v) is 8.91. The zero-order valence-corrected chi connectivity index (χ0v) is 16.5. The zero-order valence-electron chi connectivity index (χ0n) is 16.5. The Hall–Kier alpha value is -0.650. The van der Waals surface area contributed by atoms with Crippen molar-refractivity contribution >= 4 is 5.91 Å². The molecule has 0 radical (unpaired) electrons. The van der Waals surface area contributed by atoms with Gasteiger partial charge in [-0.3, -0.25) is 9.69 Å². The van der Waals surface area contributed by atoms with Crippen LogP contribution in [0.4, 0.5) is 0 Å². The van der Waals surface area contributed by atoms with E-state index in [0.717, 1.165) is 65.0 Å². The van der Waals surface area contributed by atoms with Crippen LogP contribution < -0.4 is 0 Å². The quantitative estimate of drug-likeness (QED) is 0.769. The number of ether oxygens (including phenoxy) is 2. The van der Waals surface area contributed by atoms with Crippen LogP contribution in [0.2, 0.25) is 0 Å². The van der Waals surface area contributed by atoms with Gasteiger partial charge in [0.15, 0.2) is 0 Å². The first kappa shape index (κ1) is 18.7. The van der Waals surface area contributed by atoms with Crippen molar-refractivity contribution in [3.63, 3.8) is 0 Å². The molecular weight excluding hydrogens is 328 g/mol. The lowest BCUT2D eigenvalue weighted by atomic mass is 9.73. The third-order valence-corrected chi connectivity index (χ3v) is 7.62. The van der Waals surface area contributed by atoms with Crippen molar-refractivity contribution in [2.45, 2.75) is 81.9 Å². The normalized spacial score (nSPS) is 31.1. The molecular formula is C21H36N2O3. The van der Waals surface area contributed by atoms with E-state index in [-0.39, 0.29) is 5.54 Å². The predicted octanol–water partition coefficient (Wildman–Crippen LogP) is 2.83. The minimum atomic E-state index is 0.200. The molecule has 5 nitrogen and oxygen atoms in total. The van der Waals surface area contributed by atoms with Gasteiger partial charge in [0.2, 0.25) is 5.91 Å². The number of amides is 1. The van der Waals surface area contributed by atoms with E-state index >= 15 is 0 Å². The van der Waals surface area contributed by atoms with Crippen molar-refractivity contribution in [3.05, 3.63) is 0 Å². The fraction of sp³-hybridized carbons (Fsp3) is 0.952. The van der Waals surface area contributed by atoms with Gasteiger partial charge in [0.25, 0.3) is 0 Å². The van der Waals surface area contributed by atoms with Crippen molar-refractivity contribution in [1.29, 1.82) is 0 Å². The summed E-state index contributed by atoms with van der Waals surface area (Å²) in [4.78, 5) is 17.5. The Labute approximate surface area is 158 Å². The molecule has 4 aliphatic rings. The number of methoxy groups -OCH3 is 1. The molecule has 26 heavy (non-hydrogen) atoms. The van der Waals surface area contributed by atoms with Crippen molar-refractivity contribution < 1.29 is 14.3 Å². The van der Waals surface area contributed by atoms with E-state index in [4.69, 9.17) is 9.47 Å². The van der Waals surface area contributed by atoms with Crippen LogP contribution in [0.3, 0.4) is 0 Å². The highest BCUT2D eigenvalue weighted by Gasteiger charge is 2.56. The SMILES string of the molecule is CO[C@H]1CN(C2CCN(C(=O)CC3CCCCC3)CC2)C12CCOCC2. The molecule has 0 aromatic heterocycles. The van der Waals surface area contributed by atoms with E-state index in [9.17, 15) is 4.79 Å². The highest BCUT2D eigenvalue weighted by Crippen LogP contribution is 2.44. The van der Waals surface area contributed by atoms with Gasteiger partial charge >= 0.3 is 0 Å². The van der Waals surface area contributed by atoms with Crippen LogP contribution in [0.5, 0.6) is 0 Å². The Bertz CT molecular complexity index is 478. The summed E-state index contributed by atoms with van der Waals surface area (Å²) in [6.45, 7) is 4.65. The molecule has 1 amide bonds. The Morgan fingerprint density at radius 1 is 1.08 bits per heavy atom. The molecule has 5 heteroatoms. The van der Waals surface area contributed by atoms with Crippen molar-refractivity contribution in [1.82, 2.24) is 9.80 Å². The maximum absolute atomic E-state index is 12.7. The molecule has 1 spiro atoms. The molecule has 3 saturated heterocycles. The van der Waals surface area contributed by atoms with E-state index in [2.05, 4.69) is 9.80 Å². The summed E-state index contributed by atoms with van der Waals surface area (Å²) in [6.07, 6.45) is 12.1. The van der Waals surface area contributed by atoms with Gasteiger partial charge in [-0.2, -0.15) is 0 Å². The molecule has 0 bridgehead atoms. The molecule has 1 atom stereocenters. The first-order valence-electron chi connectivity index (χ1n) is 10.9. The maximum atomic E-state index is 12.7. The third kappa shape index (κ3) is 3.55. The van der Waals surface area contributed by atoms with Crippen molar-refractivity contribution in [2.75, 3.05) is 40.0 Å². The molecule has 3 aliphatic heterocycles. The summed E-state index contributed by atoms with van der Waals surface area (Å²) in [5, 5.41) is 0. The molecule has 1 aliphatic carbocycles. The van der Waals surface area contributed by atoms with Crippen LogP contribution in [0.15, 0.2) is 0 Å². The largest absolute Gasteiger partial charge is 0.381 e. The van der Waals surface area contributed by atoms with E-state index in [1.54, 1.807) is 0 Å². The average Bonchev–Trinajstić information content (AvgIpc) is 2.69. The molecule has 4 fully saturated rings. The Balaban J connectivity index is 1.28. The number of carbonyl (C=O) groups excluding carboxylic acids is 1. The Morgan fingerprint density at radius 2 is 1.77 bits per heavy atom. The van der Waals surface area contributed by atoms with Gasteiger partial charge in [0.05, 0.1) is 11.6 Å². The van der Waals surface area contributed by atoms with Crippen LogP contribution >= 0.6 is 0 Å². The van der Waals surface area contributed by atoms with E-state index < -0.39 is 0 Å². The summed E-state index contributed by atoms with van der Waals surface area (Å²) in [5.74, 6) is 1.06. The molecule has 0 N–H and O–H groups in total. The summed E-state index contributed by atoms with van der Waals surface area (Å²) in [5.41, 5.74) is 0.200. The Kier molecular flexibility index (Phi) is 5.87. The van der Waals surface area contributed by atoms with Gasteiger partial charge in [0, 0.05) is 52.4 Å². The van der Waals surface area contributed by atoms with Crippen LogP contribution in [0.25, 0.3) is 0 Å². The number of hydrogen-bond donors (Lipinski definition) is 0. The van der Waals surface area contributed by atoms with Crippen molar-refractivity contribution in [2.24, 2.45) is 5.92 Å². The van der Waals surface area contributed by atoms with E-state index in [0.29, 0.717) is 24.0 Å². The van der Waals surface area contributed by atoms with Crippen LogP contribution in [0.1, 0.15) is 64.2 Å². The topological polar surface area (TPSA) is 42.0 Å². The van der Waals surface area contributed by atoms with Gasteiger partial charge in [-0.25, -0.2) is 0 Å². The molecule has 148 valence electrons. The fourth-order valence-corrected chi connectivity index (χ4v) is 5.94. The summed E-state index contributed by atoms with van der Waals surface area (Å²) in [6, 6.07) is 0.609. The van der Waals surface area contributed by atoms with Crippen LogP contribution in [-0.4, -0.2) is 73.3 Å². The number of carbonyl (C=O) groups is 1. The van der Waals surface area contributed by atoms with E-state index in [1.807, 2.05) is 7.11 Å². The number of rotatable bonds is 4. The summed E-state index contributed by atoms with van der Waals surface area (Å²) < 4.78 is 11.4. The van der Waals surface area contributed by atoms with Gasteiger partial charge in [-0.1, -0.05) is 19.3 Å². The predicted molar refractivity (Wildman–Crippen MR) is 101 cm³/mol. The first-order valence-corrected chi connectivity index (χ1v) is 10.9. The smallest absolute Gasteiger partial charge is 0.222 e. The third-order valence-electron chi connectivity index (χ3n) is 7.62. The number of hydrogen-bond acceptors (Lipinski definition) is 4. The standard InChI is InChI=1S/C21H36N2O3/c1-25-19-16-23(21(19)9-13-26-14-10-21)18-7-11-22(12-8-18)20(24)15-17-5-3-2-4-6-17/h17-19H,2-16H2,1H3/t19-/m0/s1.